The smallest absolute Gasteiger partial charge is 0.404 e. The summed E-state index contributed by atoms with van der Waals surface area (Å²) in [7, 11) is -3.70. The number of phosphoric acid groups is 1. The van der Waals surface area contributed by atoms with Crippen molar-refractivity contribution in [1.82, 2.24) is 9.55 Å². The number of hydrogen-bond acceptors (Lipinski definition) is 7. The number of nitrogens with zero attached hydrogens (tertiary/aromatic N) is 1. The van der Waals surface area contributed by atoms with E-state index in [1.165, 1.54) is 16.8 Å². The van der Waals surface area contributed by atoms with Gasteiger partial charge in [0.1, 0.15) is 12.0 Å². The Morgan fingerprint density at radius 3 is 2.92 bits per heavy atom. The van der Waals surface area contributed by atoms with Gasteiger partial charge in [0, 0.05) is 17.8 Å². The molecule has 9 nitrogen and oxygen atoms in total. The van der Waals surface area contributed by atoms with Gasteiger partial charge in [-0.15, -0.1) is 0 Å². The number of aromatic nitrogens is 2. The van der Waals surface area contributed by atoms with Crippen molar-refractivity contribution in [2.24, 2.45) is 0 Å². The van der Waals surface area contributed by atoms with E-state index in [-0.39, 0.29) is 19.3 Å². The molecular formula is C16H17N2O7P. The molecule has 2 aromatic rings. The molecule has 10 heteroatoms. The van der Waals surface area contributed by atoms with Crippen molar-refractivity contribution in [2.45, 2.75) is 31.8 Å². The fourth-order valence-corrected chi connectivity index (χ4v) is 4.16. The molecule has 0 aliphatic carbocycles. The van der Waals surface area contributed by atoms with Gasteiger partial charge in [-0.1, -0.05) is 18.2 Å². The van der Waals surface area contributed by atoms with E-state index in [1.54, 1.807) is 12.1 Å². The highest BCUT2D eigenvalue weighted by molar-refractivity contribution is 7.49. The predicted octanol–water partition coefficient (Wildman–Crippen LogP) is 1.95. The van der Waals surface area contributed by atoms with Crippen LogP contribution in [-0.4, -0.2) is 22.3 Å². The second kappa shape index (κ2) is 6.85. The molecule has 0 amide bonds. The van der Waals surface area contributed by atoms with Crippen molar-refractivity contribution >= 4 is 7.82 Å². The van der Waals surface area contributed by atoms with E-state index in [2.05, 4.69) is 4.98 Å². The highest BCUT2D eigenvalue weighted by Crippen LogP contribution is 2.54. The lowest BCUT2D eigenvalue weighted by molar-refractivity contribution is -0.0264. The monoisotopic (exact) mass is 380 g/mol. The first kappa shape index (κ1) is 17.2. The summed E-state index contributed by atoms with van der Waals surface area (Å²) in [6.45, 7) is 0.155. The van der Waals surface area contributed by atoms with Gasteiger partial charge in [0.2, 0.25) is 0 Å². The topological polar surface area (TPSA) is 109 Å². The molecule has 0 bridgehead atoms. The number of benzene rings is 1. The fraction of sp³-hybridized carbons (Fsp3) is 0.375. The maximum absolute atomic E-state index is 12.6. The summed E-state index contributed by atoms with van der Waals surface area (Å²) in [6.07, 6.45) is 1.68. The second-order valence-electron chi connectivity index (χ2n) is 6.02. The maximum Gasteiger partial charge on any atom is 0.530 e. The van der Waals surface area contributed by atoms with E-state index in [1.807, 2.05) is 12.1 Å². The third kappa shape index (κ3) is 3.52. The van der Waals surface area contributed by atoms with Crippen LogP contribution < -0.4 is 15.8 Å². The van der Waals surface area contributed by atoms with Crippen LogP contribution in [0.5, 0.6) is 5.75 Å². The molecule has 138 valence electrons. The van der Waals surface area contributed by atoms with Crippen molar-refractivity contribution in [2.75, 3.05) is 6.61 Å². The lowest BCUT2D eigenvalue weighted by Crippen LogP contribution is -2.31. The summed E-state index contributed by atoms with van der Waals surface area (Å²) in [5.74, 6) is 0.479. The number of phosphoric ester groups is 1. The minimum Gasteiger partial charge on any atom is -0.404 e. The van der Waals surface area contributed by atoms with Crippen LogP contribution in [0.1, 0.15) is 24.6 Å². The molecule has 1 aromatic heterocycles. The second-order valence-corrected chi connectivity index (χ2v) is 7.62. The zero-order chi connectivity index (χ0) is 18.1. The first-order chi connectivity index (χ1) is 12.5. The highest BCUT2D eigenvalue weighted by atomic mass is 31.2. The van der Waals surface area contributed by atoms with Crippen molar-refractivity contribution in [1.29, 1.82) is 0 Å². The summed E-state index contributed by atoms with van der Waals surface area (Å²) in [4.78, 5) is 25.1. The molecule has 4 rings (SSSR count). The Balaban J connectivity index is 1.37. The Bertz CT molecular complexity index is 969. The molecule has 2 aliphatic rings. The largest absolute Gasteiger partial charge is 0.530 e. The molecule has 1 N–H and O–H groups in total. The lowest BCUT2D eigenvalue weighted by atomic mass is 10.2. The van der Waals surface area contributed by atoms with Crippen molar-refractivity contribution in [3.63, 3.8) is 0 Å². The van der Waals surface area contributed by atoms with E-state index in [4.69, 9.17) is 18.3 Å². The molecule has 0 saturated carbocycles. The minimum absolute atomic E-state index is 0.00798. The molecule has 0 spiro atoms. The van der Waals surface area contributed by atoms with Gasteiger partial charge in [-0.3, -0.25) is 23.4 Å². The summed E-state index contributed by atoms with van der Waals surface area (Å²) in [5, 5.41) is 0. The first-order valence-electron chi connectivity index (χ1n) is 8.16. The van der Waals surface area contributed by atoms with E-state index in [0.717, 1.165) is 5.56 Å². The van der Waals surface area contributed by atoms with Gasteiger partial charge in [-0.2, -0.15) is 0 Å². The minimum atomic E-state index is -3.70. The van der Waals surface area contributed by atoms with Crippen molar-refractivity contribution in [3.8, 4) is 5.75 Å². The predicted molar refractivity (Wildman–Crippen MR) is 89.9 cm³/mol. The first-order valence-corrected chi connectivity index (χ1v) is 9.62. The Kier molecular flexibility index (Phi) is 4.54. The zero-order valence-electron chi connectivity index (χ0n) is 13.7. The quantitative estimate of drug-likeness (QED) is 0.808. The molecule has 3 atom stereocenters. The van der Waals surface area contributed by atoms with Crippen LogP contribution in [0.15, 0.2) is 46.1 Å². The molecule has 26 heavy (non-hydrogen) atoms. The van der Waals surface area contributed by atoms with E-state index in [9.17, 15) is 14.2 Å². The Morgan fingerprint density at radius 1 is 1.23 bits per heavy atom. The van der Waals surface area contributed by atoms with Gasteiger partial charge in [-0.05, 0) is 18.9 Å². The average Bonchev–Trinajstić information content (AvgIpc) is 3.09. The number of rotatable bonds is 4. The molecule has 2 aliphatic heterocycles. The van der Waals surface area contributed by atoms with Gasteiger partial charge >= 0.3 is 13.5 Å². The number of para-hydroxylation sites is 1. The number of aromatic amines is 1. The Hall–Kier alpha value is -2.19. The molecule has 1 aromatic carbocycles. The van der Waals surface area contributed by atoms with E-state index < -0.39 is 25.3 Å². The standard InChI is InChI=1S/C16H17N2O7P/c19-14-7-8-18(16(20)17-14)15-6-5-12(24-15)10-23-26(21)22-9-11-3-1-2-4-13(11)25-26/h1-4,7-8,12,15H,5-6,9-10H2,(H,17,19,20). The SMILES string of the molecule is O=c1ccn(C2CCC(COP3(=O)OCc4ccccc4O3)O2)c(=O)[nH]1. The van der Waals surface area contributed by atoms with Crippen LogP contribution in [0.4, 0.5) is 0 Å². The summed E-state index contributed by atoms with van der Waals surface area (Å²) in [5.41, 5.74) is -0.196. The van der Waals surface area contributed by atoms with Crippen LogP contribution in [0, 0.1) is 0 Å². The van der Waals surface area contributed by atoms with Gasteiger partial charge in [0.15, 0.2) is 0 Å². The van der Waals surface area contributed by atoms with Gasteiger partial charge < -0.3 is 9.26 Å². The number of fused-ring (bicyclic) bond motifs is 1. The van der Waals surface area contributed by atoms with Crippen molar-refractivity contribution < 1.29 is 22.9 Å². The Labute approximate surface area is 148 Å². The molecule has 0 radical (unpaired) electrons. The van der Waals surface area contributed by atoms with E-state index >= 15 is 0 Å². The number of hydrogen-bond donors (Lipinski definition) is 1. The van der Waals surface area contributed by atoms with E-state index in [0.29, 0.717) is 18.6 Å². The van der Waals surface area contributed by atoms with Crippen LogP contribution in [0.3, 0.4) is 0 Å². The molecular weight excluding hydrogens is 363 g/mol. The maximum atomic E-state index is 12.6. The average molecular weight is 380 g/mol. The molecule has 3 heterocycles. The zero-order valence-corrected chi connectivity index (χ0v) is 14.6. The summed E-state index contributed by atoms with van der Waals surface area (Å²) >= 11 is 0. The van der Waals surface area contributed by atoms with Crippen LogP contribution in [-0.2, 0) is 25.0 Å². The normalized spacial score (nSPS) is 27.7. The highest BCUT2D eigenvalue weighted by Gasteiger charge is 2.36. The van der Waals surface area contributed by atoms with Crippen LogP contribution >= 0.6 is 7.82 Å². The Morgan fingerprint density at radius 2 is 2.08 bits per heavy atom. The summed E-state index contributed by atoms with van der Waals surface area (Å²) in [6, 6.07) is 8.41. The molecule has 1 fully saturated rings. The third-order valence-electron chi connectivity index (χ3n) is 4.23. The number of H-pyrrole nitrogens is 1. The molecule has 3 unspecified atom stereocenters. The van der Waals surface area contributed by atoms with Crippen molar-refractivity contribution in [3.05, 3.63) is 62.9 Å². The van der Waals surface area contributed by atoms with Crippen LogP contribution in [0.2, 0.25) is 0 Å². The summed E-state index contributed by atoms with van der Waals surface area (Å²) < 4.78 is 35.7. The van der Waals surface area contributed by atoms with Gasteiger partial charge in [-0.25, -0.2) is 9.36 Å². The third-order valence-corrected chi connectivity index (χ3v) is 5.56. The van der Waals surface area contributed by atoms with Gasteiger partial charge in [0.25, 0.3) is 5.56 Å². The van der Waals surface area contributed by atoms with Gasteiger partial charge in [0.05, 0.1) is 19.3 Å². The number of ether oxygens (including phenoxy) is 1. The number of nitrogens with one attached hydrogen (secondary N) is 1. The molecule has 1 saturated heterocycles. The fourth-order valence-electron chi connectivity index (χ4n) is 2.91. The van der Waals surface area contributed by atoms with Crippen LogP contribution in [0.25, 0.3) is 0 Å². The lowest BCUT2D eigenvalue weighted by Gasteiger charge is -2.25.